The normalized spacial score (nSPS) is 16.0. The zero-order chi connectivity index (χ0) is 16.1. The Balaban J connectivity index is -0.00000180. The maximum Gasteiger partial charge on any atom is 0.470 e. The van der Waals surface area contributed by atoms with Crippen molar-refractivity contribution in [3.05, 3.63) is 0 Å². The first-order chi connectivity index (χ1) is 8.83. The van der Waals surface area contributed by atoms with Crippen molar-refractivity contribution in [1.82, 2.24) is 0 Å². The van der Waals surface area contributed by atoms with Crippen molar-refractivity contribution in [3.63, 3.8) is 0 Å². The fourth-order valence-electron chi connectivity index (χ4n) is 0.906. The molecule has 124 valence electrons. The second-order valence-electron chi connectivity index (χ2n) is 3.52. The van der Waals surface area contributed by atoms with Crippen LogP contribution in [0.2, 0.25) is 0 Å². The molecule has 12 nitrogen and oxygen atoms in total. The molecule has 0 aliphatic heterocycles. The van der Waals surface area contributed by atoms with Crippen molar-refractivity contribution in [2.75, 3.05) is 13.2 Å². The number of Topliss-reactive ketones (excluding diaryl/α,β-unsaturated/α-hetero) is 1. The monoisotopic (exact) mass is 616 g/mol. The van der Waals surface area contributed by atoms with Gasteiger partial charge in [-0.25, -0.2) is 9.13 Å². The van der Waals surface area contributed by atoms with E-state index in [1.165, 1.54) is 0 Å². The summed E-state index contributed by atoms with van der Waals surface area (Å²) in [6.07, 6.45) is -6.53. The summed E-state index contributed by atoms with van der Waals surface area (Å²) in [5.41, 5.74) is 0. The van der Waals surface area contributed by atoms with Crippen LogP contribution in [-0.2, 0) is 23.0 Å². The van der Waals surface area contributed by atoms with Gasteiger partial charge in [-0.05, 0) is 0 Å². The van der Waals surface area contributed by atoms with E-state index < -0.39 is 53.0 Å². The first-order valence-electron chi connectivity index (χ1n) is 4.80. The maximum atomic E-state index is 11.2. The van der Waals surface area contributed by atoms with Crippen LogP contribution in [0.15, 0.2) is 0 Å². The Hall–Kier alpha value is 2.91. The third kappa shape index (κ3) is 15.2. The van der Waals surface area contributed by atoms with Gasteiger partial charge in [0.25, 0.3) is 0 Å². The largest absolute Gasteiger partial charge is 0.470 e. The van der Waals surface area contributed by atoms with Gasteiger partial charge in [-0.1, -0.05) is 0 Å². The summed E-state index contributed by atoms with van der Waals surface area (Å²) in [5, 5.41) is 27.7. The van der Waals surface area contributed by atoms with E-state index in [2.05, 4.69) is 9.05 Å². The molecule has 0 amide bonds. The third-order valence-corrected chi connectivity index (χ3v) is 2.79. The number of aliphatic hydroxyl groups is 3. The van der Waals surface area contributed by atoms with E-state index in [-0.39, 0.29) is 97.8 Å². The van der Waals surface area contributed by atoms with Crippen molar-refractivity contribution in [1.29, 1.82) is 0 Å². The minimum Gasteiger partial charge on any atom is -0.388 e. The first-order valence-corrected chi connectivity index (χ1v) is 7.86. The van der Waals surface area contributed by atoms with Crippen LogP contribution in [0, 0.1) is 0 Å². The van der Waals surface area contributed by atoms with Crippen LogP contribution in [0.4, 0.5) is 0 Å². The standard InChI is InChI=1S/C6H14O12P2.2Ba/c7-3(1-17-19(11,12)13)5(9)6(10)4(8)2-18-20(14,15)16;;/h3,5-7,9-10H,1-2H2,(H2,11,12,13)(H2,14,15,16);;/t3-,5-,6-;;/m1../s1. The van der Waals surface area contributed by atoms with Gasteiger partial charge >= 0.3 is 15.6 Å². The van der Waals surface area contributed by atoms with Crippen LogP contribution in [0.25, 0.3) is 0 Å². The van der Waals surface area contributed by atoms with Gasteiger partial charge in [0.2, 0.25) is 0 Å². The molecule has 0 spiro atoms. The Morgan fingerprint density at radius 2 is 1.32 bits per heavy atom. The van der Waals surface area contributed by atoms with Gasteiger partial charge in [0.15, 0.2) is 5.78 Å². The molecule has 3 atom stereocenters. The molecule has 22 heavy (non-hydrogen) atoms. The van der Waals surface area contributed by atoms with Gasteiger partial charge in [-0.2, -0.15) is 0 Å². The zero-order valence-corrected chi connectivity index (χ0v) is 21.8. The molecule has 0 heterocycles. The minimum atomic E-state index is -4.95. The second-order valence-corrected chi connectivity index (χ2v) is 6.00. The van der Waals surface area contributed by atoms with Crippen molar-refractivity contribution >= 4 is 119 Å². The van der Waals surface area contributed by atoms with Gasteiger partial charge in [0.1, 0.15) is 24.9 Å². The Bertz CT molecular complexity index is 420. The van der Waals surface area contributed by atoms with E-state index >= 15 is 0 Å². The number of carbonyl (C=O) groups excluding carboxylic acids is 1. The number of phosphoric ester groups is 2. The Labute approximate surface area is 205 Å². The quantitative estimate of drug-likeness (QED) is 0.0981. The molecule has 16 heteroatoms. The SMILES string of the molecule is O=C(COP(=O)(O)O)[C@@H](O)[C@H](O)[C@H](O)COP(=O)(O)O.[Ba].[Ba]. The van der Waals surface area contributed by atoms with Crippen LogP contribution in [0.5, 0.6) is 0 Å². The summed E-state index contributed by atoms with van der Waals surface area (Å²) in [4.78, 5) is 44.4. The number of phosphoric acid groups is 2. The number of hydrogen-bond donors (Lipinski definition) is 7. The summed E-state index contributed by atoms with van der Waals surface area (Å²) in [5.74, 6) is -1.36. The molecule has 0 aliphatic carbocycles. The van der Waals surface area contributed by atoms with Crippen LogP contribution in [0.3, 0.4) is 0 Å². The van der Waals surface area contributed by atoms with Crippen LogP contribution >= 0.6 is 15.6 Å². The summed E-state index contributed by atoms with van der Waals surface area (Å²) < 4.78 is 28.2. The number of ketones is 1. The van der Waals surface area contributed by atoms with Gasteiger partial charge in [0, 0.05) is 97.8 Å². The van der Waals surface area contributed by atoms with Crippen molar-refractivity contribution < 1.29 is 57.9 Å². The summed E-state index contributed by atoms with van der Waals surface area (Å²) >= 11 is 0. The Morgan fingerprint density at radius 3 is 1.68 bits per heavy atom. The molecule has 0 unspecified atom stereocenters. The predicted octanol–water partition coefficient (Wildman–Crippen LogP) is -3.90. The smallest absolute Gasteiger partial charge is 0.388 e. The molecule has 0 rings (SSSR count). The number of rotatable bonds is 9. The number of aliphatic hydroxyl groups excluding tert-OH is 3. The average Bonchev–Trinajstić information content (AvgIpc) is 2.29. The van der Waals surface area contributed by atoms with E-state index in [9.17, 15) is 29.2 Å². The average molecular weight is 615 g/mol. The maximum absolute atomic E-state index is 11.2. The van der Waals surface area contributed by atoms with Crippen LogP contribution in [-0.4, -0.2) is 170 Å². The fourth-order valence-corrected chi connectivity index (χ4v) is 1.55. The van der Waals surface area contributed by atoms with E-state index in [0.717, 1.165) is 0 Å². The molecular formula is C6H14Ba2O12P2. The summed E-state index contributed by atoms with van der Waals surface area (Å²) in [7, 11) is -9.87. The Kier molecular flexibility index (Phi) is 17.7. The molecule has 4 radical (unpaired) electrons. The predicted molar refractivity (Wildman–Crippen MR) is 70.5 cm³/mol. The van der Waals surface area contributed by atoms with Crippen LogP contribution in [0.1, 0.15) is 0 Å². The first kappa shape index (κ1) is 29.7. The Morgan fingerprint density at radius 1 is 0.909 bits per heavy atom. The molecule has 0 aliphatic rings. The molecular weight excluding hydrogens is 601 g/mol. The number of carbonyl (C=O) groups is 1. The van der Waals surface area contributed by atoms with Gasteiger partial charge < -0.3 is 34.9 Å². The van der Waals surface area contributed by atoms with Crippen molar-refractivity contribution in [2.24, 2.45) is 0 Å². The minimum absolute atomic E-state index is 0. The molecule has 0 fully saturated rings. The molecule has 7 N–H and O–H groups in total. The molecule has 0 aromatic carbocycles. The van der Waals surface area contributed by atoms with Crippen molar-refractivity contribution in [3.8, 4) is 0 Å². The van der Waals surface area contributed by atoms with Crippen LogP contribution < -0.4 is 0 Å². The van der Waals surface area contributed by atoms with Crippen molar-refractivity contribution in [2.45, 2.75) is 18.3 Å². The number of hydrogen-bond acceptors (Lipinski definition) is 8. The van der Waals surface area contributed by atoms with Gasteiger partial charge in [0.05, 0.1) is 6.61 Å². The molecule has 0 saturated carbocycles. The zero-order valence-electron chi connectivity index (χ0n) is 11.1. The second kappa shape index (κ2) is 13.1. The summed E-state index contributed by atoms with van der Waals surface area (Å²) in [6, 6.07) is 0. The van der Waals surface area contributed by atoms with Gasteiger partial charge in [-0.3, -0.25) is 13.8 Å². The fraction of sp³-hybridized carbons (Fsp3) is 0.833. The molecule has 0 saturated heterocycles. The van der Waals surface area contributed by atoms with E-state index in [0.29, 0.717) is 0 Å². The van der Waals surface area contributed by atoms with E-state index in [1.54, 1.807) is 0 Å². The third-order valence-electron chi connectivity index (χ3n) is 1.84. The molecule has 0 aromatic rings. The van der Waals surface area contributed by atoms with E-state index in [4.69, 9.17) is 19.6 Å². The van der Waals surface area contributed by atoms with E-state index in [1.807, 2.05) is 0 Å². The summed E-state index contributed by atoms with van der Waals surface area (Å²) in [6.45, 7) is -2.33. The molecule has 0 aromatic heterocycles. The topological polar surface area (TPSA) is 211 Å². The molecule has 0 bridgehead atoms. The van der Waals surface area contributed by atoms with Gasteiger partial charge in [-0.15, -0.1) is 0 Å².